The Bertz CT molecular complexity index is 525. The number of hydrogen-bond donors (Lipinski definition) is 1. The number of carboxylic acids is 1. The van der Waals surface area contributed by atoms with Crippen molar-refractivity contribution in [2.24, 2.45) is 0 Å². The van der Waals surface area contributed by atoms with E-state index in [9.17, 15) is 22.8 Å². The highest BCUT2D eigenvalue weighted by molar-refractivity contribution is 5.99. The summed E-state index contributed by atoms with van der Waals surface area (Å²) in [6, 6.07) is 3.71. The zero-order chi connectivity index (χ0) is 13.5. The van der Waals surface area contributed by atoms with Gasteiger partial charge in [0, 0.05) is 12.2 Å². The van der Waals surface area contributed by atoms with E-state index >= 15 is 0 Å². The fourth-order valence-electron chi connectivity index (χ4n) is 1.90. The van der Waals surface area contributed by atoms with Gasteiger partial charge < -0.3 is 10.0 Å². The van der Waals surface area contributed by atoms with Gasteiger partial charge in [0.05, 0.1) is 5.56 Å². The number of amides is 1. The minimum atomic E-state index is -4.92. The largest absolute Gasteiger partial charge is 0.478 e. The summed E-state index contributed by atoms with van der Waals surface area (Å²) < 4.78 is 37.0. The molecule has 1 aromatic carbocycles. The van der Waals surface area contributed by atoms with Gasteiger partial charge in [-0.15, -0.1) is 0 Å². The first kappa shape index (κ1) is 12.4. The average molecular weight is 259 g/mol. The molecule has 0 fully saturated rings. The summed E-state index contributed by atoms with van der Waals surface area (Å²) in [4.78, 5) is 22.5. The van der Waals surface area contributed by atoms with Gasteiger partial charge in [0.2, 0.25) is 0 Å². The Balaban J connectivity index is 2.35. The molecule has 1 aliphatic heterocycles. The van der Waals surface area contributed by atoms with Crippen LogP contribution in [0, 0.1) is 0 Å². The van der Waals surface area contributed by atoms with Crippen LogP contribution >= 0.6 is 0 Å². The highest BCUT2D eigenvalue weighted by Crippen LogP contribution is 2.32. The third kappa shape index (κ3) is 2.03. The predicted octanol–water partition coefficient (Wildman–Crippen LogP) is 1.84. The van der Waals surface area contributed by atoms with Crippen molar-refractivity contribution in [2.45, 2.75) is 12.6 Å². The Morgan fingerprint density at radius 3 is 2.50 bits per heavy atom. The Morgan fingerprint density at radius 1 is 1.28 bits per heavy atom. The van der Waals surface area contributed by atoms with Crippen molar-refractivity contribution in [1.29, 1.82) is 0 Å². The van der Waals surface area contributed by atoms with Crippen LogP contribution in [0.5, 0.6) is 0 Å². The molecule has 4 nitrogen and oxygen atoms in total. The summed E-state index contributed by atoms with van der Waals surface area (Å²) >= 11 is 0. The fraction of sp³-hybridized carbons (Fsp3) is 0.273. The fourth-order valence-corrected chi connectivity index (χ4v) is 1.90. The van der Waals surface area contributed by atoms with Gasteiger partial charge in [0.1, 0.15) is 0 Å². The molecule has 1 heterocycles. The molecule has 7 heteroatoms. The van der Waals surface area contributed by atoms with Crippen LogP contribution in [0.2, 0.25) is 0 Å². The maximum absolute atomic E-state index is 12.3. The quantitative estimate of drug-likeness (QED) is 0.837. The molecule has 0 spiro atoms. The third-order valence-electron chi connectivity index (χ3n) is 2.71. The van der Waals surface area contributed by atoms with E-state index in [0.29, 0.717) is 10.5 Å². The molecule has 0 radical (unpaired) electrons. The van der Waals surface area contributed by atoms with Crippen molar-refractivity contribution >= 4 is 17.6 Å². The molecule has 0 aliphatic carbocycles. The average Bonchev–Trinajstić information content (AvgIpc) is 2.68. The van der Waals surface area contributed by atoms with Crippen LogP contribution in [0.15, 0.2) is 18.2 Å². The summed E-state index contributed by atoms with van der Waals surface area (Å²) in [6.07, 6.45) is -4.70. The highest BCUT2D eigenvalue weighted by Gasteiger charge is 2.44. The molecule has 0 saturated heterocycles. The first-order valence-corrected chi connectivity index (χ1v) is 5.05. The lowest BCUT2D eigenvalue weighted by atomic mass is 10.1. The van der Waals surface area contributed by atoms with E-state index in [0.717, 1.165) is 0 Å². The highest BCUT2D eigenvalue weighted by atomic mass is 19.4. The number of halogens is 3. The number of carbonyl (C=O) groups is 2. The number of carbonyl (C=O) groups excluding carboxylic acids is 1. The number of benzene rings is 1. The van der Waals surface area contributed by atoms with Crippen LogP contribution in [0.4, 0.5) is 18.9 Å². The van der Waals surface area contributed by atoms with Gasteiger partial charge in [-0.3, -0.25) is 4.79 Å². The lowest BCUT2D eigenvalue weighted by Gasteiger charge is -2.18. The first-order valence-electron chi connectivity index (χ1n) is 5.05. The first-order chi connectivity index (χ1) is 8.30. The summed E-state index contributed by atoms with van der Waals surface area (Å²) in [5.41, 5.74) is 0.560. The second-order valence-corrected chi connectivity index (χ2v) is 3.85. The topological polar surface area (TPSA) is 57.6 Å². The van der Waals surface area contributed by atoms with Crippen molar-refractivity contribution in [2.75, 3.05) is 11.4 Å². The number of hydrogen-bond acceptors (Lipinski definition) is 2. The van der Waals surface area contributed by atoms with Gasteiger partial charge in [-0.05, 0) is 30.2 Å². The molecule has 0 atom stereocenters. The maximum atomic E-state index is 12.3. The van der Waals surface area contributed by atoms with E-state index in [2.05, 4.69) is 0 Å². The summed E-state index contributed by atoms with van der Waals surface area (Å²) in [7, 11) is 0. The van der Waals surface area contributed by atoms with E-state index < -0.39 is 18.1 Å². The number of carboxylic acid groups (broad SMARTS) is 1. The second kappa shape index (κ2) is 4.01. The summed E-state index contributed by atoms with van der Waals surface area (Å²) in [5.74, 6) is -3.08. The number of aromatic carboxylic acids is 1. The Labute approximate surface area is 99.6 Å². The van der Waals surface area contributed by atoms with Gasteiger partial charge in [0.15, 0.2) is 0 Å². The molecule has 0 unspecified atom stereocenters. The van der Waals surface area contributed by atoms with Crippen LogP contribution in [-0.2, 0) is 11.2 Å². The SMILES string of the molecule is O=C(O)c1ccc2c(c1)CCN2C(=O)C(F)(F)F. The second-order valence-electron chi connectivity index (χ2n) is 3.85. The summed E-state index contributed by atoms with van der Waals surface area (Å²) in [6.45, 7) is -0.0866. The third-order valence-corrected chi connectivity index (χ3v) is 2.71. The van der Waals surface area contributed by atoms with Crippen LogP contribution in [0.25, 0.3) is 0 Å². The molecular weight excluding hydrogens is 251 g/mol. The van der Waals surface area contributed by atoms with Crippen LogP contribution < -0.4 is 4.90 Å². The lowest BCUT2D eigenvalue weighted by Crippen LogP contribution is -2.40. The zero-order valence-electron chi connectivity index (χ0n) is 8.99. The molecule has 0 saturated carbocycles. The van der Waals surface area contributed by atoms with Crippen LogP contribution in [0.3, 0.4) is 0 Å². The molecule has 2 rings (SSSR count). The van der Waals surface area contributed by atoms with Crippen molar-refractivity contribution in [3.8, 4) is 0 Å². The van der Waals surface area contributed by atoms with Crippen molar-refractivity contribution in [3.63, 3.8) is 0 Å². The molecule has 0 bridgehead atoms. The number of fused-ring (bicyclic) bond motifs is 1. The molecule has 1 aromatic rings. The molecular formula is C11H8F3NO3. The number of anilines is 1. The van der Waals surface area contributed by atoms with E-state index in [4.69, 9.17) is 5.11 Å². The van der Waals surface area contributed by atoms with E-state index in [1.807, 2.05) is 0 Å². The van der Waals surface area contributed by atoms with E-state index in [1.54, 1.807) is 0 Å². The maximum Gasteiger partial charge on any atom is 0.471 e. The van der Waals surface area contributed by atoms with Gasteiger partial charge in [-0.1, -0.05) is 0 Å². The lowest BCUT2D eigenvalue weighted by molar-refractivity contribution is -0.170. The van der Waals surface area contributed by atoms with Crippen molar-refractivity contribution < 1.29 is 27.9 Å². The number of rotatable bonds is 1. The smallest absolute Gasteiger partial charge is 0.471 e. The number of alkyl halides is 3. The number of nitrogens with zero attached hydrogens (tertiary/aromatic N) is 1. The van der Waals surface area contributed by atoms with E-state index in [-0.39, 0.29) is 24.2 Å². The monoisotopic (exact) mass is 259 g/mol. The van der Waals surface area contributed by atoms with E-state index in [1.165, 1.54) is 18.2 Å². The standard InChI is InChI=1S/C11H8F3NO3/c12-11(13,14)10(18)15-4-3-6-5-7(9(16)17)1-2-8(6)15/h1-2,5H,3-4H2,(H,16,17). The minimum absolute atomic E-state index is 0.00458. The van der Waals surface area contributed by atoms with Crippen molar-refractivity contribution in [3.05, 3.63) is 29.3 Å². The molecule has 0 aromatic heterocycles. The minimum Gasteiger partial charge on any atom is -0.478 e. The van der Waals surface area contributed by atoms with Gasteiger partial charge in [0.25, 0.3) is 0 Å². The summed E-state index contributed by atoms with van der Waals surface area (Å²) in [5, 5.41) is 8.76. The van der Waals surface area contributed by atoms with Crippen LogP contribution in [-0.4, -0.2) is 29.7 Å². The van der Waals surface area contributed by atoms with Gasteiger partial charge in [-0.25, -0.2) is 4.79 Å². The molecule has 1 aliphatic rings. The molecule has 18 heavy (non-hydrogen) atoms. The molecule has 1 N–H and O–H groups in total. The van der Waals surface area contributed by atoms with Gasteiger partial charge in [-0.2, -0.15) is 13.2 Å². The predicted molar refractivity (Wildman–Crippen MR) is 55.5 cm³/mol. The van der Waals surface area contributed by atoms with Crippen LogP contribution in [0.1, 0.15) is 15.9 Å². The Kier molecular flexibility index (Phi) is 2.76. The Hall–Kier alpha value is -2.05. The normalized spacial score (nSPS) is 14.5. The Morgan fingerprint density at radius 2 is 1.94 bits per heavy atom. The van der Waals surface area contributed by atoms with Gasteiger partial charge >= 0.3 is 18.1 Å². The van der Waals surface area contributed by atoms with Crippen molar-refractivity contribution in [1.82, 2.24) is 0 Å². The zero-order valence-corrected chi connectivity index (χ0v) is 8.99. The molecule has 1 amide bonds. The molecule has 96 valence electrons.